The summed E-state index contributed by atoms with van der Waals surface area (Å²) in [6.07, 6.45) is -1.74. The first-order valence-electron chi connectivity index (χ1n) is 13.1. The average molecular weight is 619 g/mol. The van der Waals surface area contributed by atoms with E-state index in [2.05, 4.69) is 0 Å². The van der Waals surface area contributed by atoms with Crippen LogP contribution in [0, 0.1) is 0 Å². The number of fused-ring (bicyclic) bond motifs is 2. The molecule has 0 saturated carbocycles. The second-order valence-corrected chi connectivity index (χ2v) is 10.3. The molecule has 2 heterocycles. The summed E-state index contributed by atoms with van der Waals surface area (Å²) >= 11 is 6.01. The standard InChI is InChI=1S/C32H23ClO11/c1-40-23-10-15(5-7-20(23)35)30-26(14-41-32(39)17-3-2-4-18(33)9-17)42-22-8-6-16(11-24(22)43-30)31-29(38)28(37)27-21(36)12-19(34)13-25(27)44-31/h2-13,26,30,34-36,38H,14H2,1H3. The van der Waals surface area contributed by atoms with E-state index >= 15 is 0 Å². The Hall–Kier alpha value is -5.55. The molecule has 4 aromatic carbocycles. The second kappa shape index (κ2) is 11.3. The number of hydrogen-bond acceptors (Lipinski definition) is 11. The van der Waals surface area contributed by atoms with Gasteiger partial charge in [-0.05, 0) is 48.5 Å². The molecule has 1 aromatic heterocycles. The Bertz CT molecular complexity index is 1980. The number of halogens is 1. The normalized spacial score (nSPS) is 15.6. The molecule has 0 saturated heterocycles. The second-order valence-electron chi connectivity index (χ2n) is 9.84. The summed E-state index contributed by atoms with van der Waals surface area (Å²) in [5, 5.41) is 40.9. The molecule has 0 fully saturated rings. The van der Waals surface area contributed by atoms with Crippen molar-refractivity contribution < 1.29 is 48.6 Å². The lowest BCUT2D eigenvalue weighted by molar-refractivity contribution is -0.0255. The largest absolute Gasteiger partial charge is 0.508 e. The third-order valence-electron chi connectivity index (χ3n) is 6.98. The van der Waals surface area contributed by atoms with Gasteiger partial charge in [-0.25, -0.2) is 4.79 Å². The molecule has 0 radical (unpaired) electrons. The highest BCUT2D eigenvalue weighted by Crippen LogP contribution is 2.44. The highest BCUT2D eigenvalue weighted by Gasteiger charge is 2.35. The predicted molar refractivity (Wildman–Crippen MR) is 157 cm³/mol. The van der Waals surface area contributed by atoms with Crippen molar-refractivity contribution >= 4 is 28.5 Å². The first kappa shape index (κ1) is 28.6. The SMILES string of the molecule is COc1cc(C2Oc3cc(-c4oc5cc(O)cc(O)c5c(=O)c4O)ccc3OC2COC(=O)c2cccc(Cl)c2)ccc1O. The molecule has 11 nitrogen and oxygen atoms in total. The summed E-state index contributed by atoms with van der Waals surface area (Å²) in [4.78, 5) is 25.6. The van der Waals surface area contributed by atoms with Crippen LogP contribution in [-0.4, -0.2) is 46.2 Å². The highest BCUT2D eigenvalue weighted by atomic mass is 35.5. The van der Waals surface area contributed by atoms with Crippen molar-refractivity contribution in [2.24, 2.45) is 0 Å². The van der Waals surface area contributed by atoms with Crippen molar-refractivity contribution in [2.45, 2.75) is 12.2 Å². The van der Waals surface area contributed by atoms with Gasteiger partial charge in [-0.2, -0.15) is 0 Å². The van der Waals surface area contributed by atoms with Gasteiger partial charge in [0.1, 0.15) is 29.1 Å². The van der Waals surface area contributed by atoms with Crippen molar-refractivity contribution in [1.29, 1.82) is 0 Å². The van der Waals surface area contributed by atoms with Gasteiger partial charge >= 0.3 is 5.97 Å². The number of carbonyl (C=O) groups is 1. The number of esters is 1. The van der Waals surface area contributed by atoms with Crippen molar-refractivity contribution in [3.63, 3.8) is 0 Å². The van der Waals surface area contributed by atoms with Gasteiger partial charge in [0.15, 0.2) is 41.0 Å². The van der Waals surface area contributed by atoms with Gasteiger partial charge < -0.3 is 43.8 Å². The number of phenolic OH excluding ortho intramolecular Hbond substituents is 3. The number of carbonyl (C=O) groups excluding carboxylic acids is 1. The molecule has 6 rings (SSSR count). The van der Waals surface area contributed by atoms with Crippen LogP contribution in [0.3, 0.4) is 0 Å². The van der Waals surface area contributed by atoms with E-state index in [1.54, 1.807) is 30.3 Å². The smallest absolute Gasteiger partial charge is 0.338 e. The van der Waals surface area contributed by atoms with E-state index in [-0.39, 0.29) is 63.2 Å². The maximum atomic E-state index is 12.9. The van der Waals surface area contributed by atoms with Gasteiger partial charge in [0.25, 0.3) is 0 Å². The van der Waals surface area contributed by atoms with E-state index in [1.807, 2.05) is 0 Å². The fraction of sp³-hybridized carbons (Fsp3) is 0.125. The average Bonchev–Trinajstić information content (AvgIpc) is 3.00. The monoisotopic (exact) mass is 618 g/mol. The molecule has 2 unspecified atom stereocenters. The van der Waals surface area contributed by atoms with E-state index in [0.717, 1.165) is 12.1 Å². The van der Waals surface area contributed by atoms with Crippen molar-refractivity contribution in [3.05, 3.63) is 99.2 Å². The summed E-state index contributed by atoms with van der Waals surface area (Å²) in [7, 11) is 1.40. The molecular formula is C32H23ClO11. The van der Waals surface area contributed by atoms with Crippen LogP contribution in [0.2, 0.25) is 5.02 Å². The first-order valence-corrected chi connectivity index (χ1v) is 13.5. The Morgan fingerprint density at radius 2 is 1.73 bits per heavy atom. The zero-order valence-corrected chi connectivity index (χ0v) is 23.6. The lowest BCUT2D eigenvalue weighted by atomic mass is 10.0. The van der Waals surface area contributed by atoms with Crippen LogP contribution in [0.25, 0.3) is 22.3 Å². The summed E-state index contributed by atoms with van der Waals surface area (Å²) in [6, 6.07) is 17.5. The predicted octanol–water partition coefficient (Wildman–Crippen LogP) is 5.68. The van der Waals surface area contributed by atoms with Gasteiger partial charge in [-0.15, -0.1) is 0 Å². The number of methoxy groups -OCH3 is 1. The van der Waals surface area contributed by atoms with Gasteiger partial charge in [0.05, 0.1) is 12.7 Å². The minimum absolute atomic E-state index is 0.0986. The summed E-state index contributed by atoms with van der Waals surface area (Å²) < 4.78 is 29.1. The van der Waals surface area contributed by atoms with Crippen LogP contribution in [0.15, 0.2) is 82.0 Å². The van der Waals surface area contributed by atoms with Crippen LogP contribution in [0.4, 0.5) is 0 Å². The summed E-state index contributed by atoms with van der Waals surface area (Å²) in [6.45, 7) is -0.228. The van der Waals surface area contributed by atoms with E-state index in [1.165, 1.54) is 37.4 Å². The molecule has 12 heteroatoms. The molecule has 5 aromatic rings. The third kappa shape index (κ3) is 5.25. The lowest BCUT2D eigenvalue weighted by Crippen LogP contribution is -2.37. The Balaban J connectivity index is 1.37. The van der Waals surface area contributed by atoms with Gasteiger partial charge in [0.2, 0.25) is 11.2 Å². The molecule has 2 atom stereocenters. The maximum Gasteiger partial charge on any atom is 0.338 e. The summed E-state index contributed by atoms with van der Waals surface area (Å²) in [5.74, 6) is -1.99. The molecule has 0 bridgehead atoms. The van der Waals surface area contributed by atoms with Crippen molar-refractivity contribution in [2.75, 3.05) is 13.7 Å². The first-order chi connectivity index (χ1) is 21.1. The van der Waals surface area contributed by atoms with Crippen molar-refractivity contribution in [3.8, 4) is 51.6 Å². The van der Waals surface area contributed by atoms with E-state index in [4.69, 9.17) is 35.0 Å². The van der Waals surface area contributed by atoms with Crippen LogP contribution in [0.1, 0.15) is 22.0 Å². The molecule has 1 aliphatic heterocycles. The number of phenols is 3. The third-order valence-corrected chi connectivity index (χ3v) is 7.22. The van der Waals surface area contributed by atoms with E-state index in [9.17, 15) is 30.0 Å². The summed E-state index contributed by atoms with van der Waals surface area (Å²) in [5.41, 5.74) is -0.0549. The quantitative estimate of drug-likeness (QED) is 0.173. The minimum atomic E-state index is -0.899. The maximum absolute atomic E-state index is 12.9. The number of ether oxygens (including phenoxy) is 4. The Morgan fingerprint density at radius 1 is 0.909 bits per heavy atom. The molecule has 0 spiro atoms. The number of rotatable bonds is 6. The molecule has 0 aliphatic carbocycles. The molecule has 4 N–H and O–H groups in total. The Labute approximate surface area is 253 Å². The lowest BCUT2D eigenvalue weighted by Gasteiger charge is -2.34. The van der Waals surface area contributed by atoms with E-state index in [0.29, 0.717) is 10.6 Å². The van der Waals surface area contributed by atoms with Gasteiger partial charge in [-0.3, -0.25) is 4.79 Å². The van der Waals surface area contributed by atoms with Crippen LogP contribution in [0.5, 0.6) is 40.2 Å². The fourth-order valence-electron chi connectivity index (χ4n) is 4.88. The molecule has 44 heavy (non-hydrogen) atoms. The molecule has 0 amide bonds. The minimum Gasteiger partial charge on any atom is -0.508 e. The zero-order valence-electron chi connectivity index (χ0n) is 22.8. The van der Waals surface area contributed by atoms with Gasteiger partial charge in [-0.1, -0.05) is 23.7 Å². The Kier molecular flexibility index (Phi) is 7.32. The van der Waals surface area contributed by atoms with Crippen LogP contribution in [-0.2, 0) is 4.74 Å². The molecular weight excluding hydrogens is 596 g/mol. The Morgan fingerprint density at radius 3 is 2.50 bits per heavy atom. The zero-order chi connectivity index (χ0) is 31.1. The fourth-order valence-corrected chi connectivity index (χ4v) is 5.07. The number of hydrogen-bond donors (Lipinski definition) is 4. The number of aromatic hydroxyl groups is 4. The van der Waals surface area contributed by atoms with Crippen LogP contribution < -0.4 is 19.6 Å². The number of benzene rings is 4. The molecule has 1 aliphatic rings. The van der Waals surface area contributed by atoms with Crippen LogP contribution >= 0.6 is 11.6 Å². The molecule has 224 valence electrons. The topological polar surface area (TPSA) is 165 Å². The van der Waals surface area contributed by atoms with E-state index < -0.39 is 35.1 Å². The highest BCUT2D eigenvalue weighted by molar-refractivity contribution is 6.30. The van der Waals surface area contributed by atoms with Crippen molar-refractivity contribution in [1.82, 2.24) is 0 Å². The van der Waals surface area contributed by atoms with Gasteiger partial charge in [0, 0.05) is 28.3 Å².